The second-order valence-corrected chi connectivity index (χ2v) is 5.44. The lowest BCUT2D eigenvalue weighted by atomic mass is 9.89. The van der Waals surface area contributed by atoms with Crippen LogP contribution in [0.5, 0.6) is 0 Å². The number of carboxylic acid groups (broad SMARTS) is 1. The summed E-state index contributed by atoms with van der Waals surface area (Å²) in [7, 11) is 0. The summed E-state index contributed by atoms with van der Waals surface area (Å²) in [6, 6.07) is 3.55. The Bertz CT molecular complexity index is 465. The van der Waals surface area contributed by atoms with Gasteiger partial charge in [-0.1, -0.05) is 19.3 Å². The molecule has 1 saturated carbocycles. The first-order chi connectivity index (χ1) is 9.08. The van der Waals surface area contributed by atoms with Gasteiger partial charge in [0.05, 0.1) is 5.56 Å². The van der Waals surface area contributed by atoms with E-state index in [1.165, 1.54) is 32.1 Å². The van der Waals surface area contributed by atoms with Crippen LogP contribution >= 0.6 is 0 Å². The number of carbonyl (C=O) groups is 1. The van der Waals surface area contributed by atoms with Crippen molar-refractivity contribution in [3.8, 4) is 0 Å². The van der Waals surface area contributed by atoms with Gasteiger partial charge in [-0.3, -0.25) is 0 Å². The van der Waals surface area contributed by atoms with Crippen molar-refractivity contribution in [2.75, 3.05) is 17.6 Å². The van der Waals surface area contributed by atoms with Gasteiger partial charge in [0.25, 0.3) is 0 Å². The van der Waals surface area contributed by atoms with Crippen molar-refractivity contribution in [2.45, 2.75) is 39.0 Å². The molecule has 0 radical (unpaired) electrons. The Hall–Kier alpha value is -1.71. The Balaban J connectivity index is 2.05. The summed E-state index contributed by atoms with van der Waals surface area (Å²) in [6.45, 7) is 2.76. The average Bonchev–Trinajstić information content (AvgIpc) is 2.41. The fourth-order valence-corrected chi connectivity index (χ4v) is 2.73. The predicted molar refractivity (Wildman–Crippen MR) is 77.6 cm³/mol. The van der Waals surface area contributed by atoms with E-state index < -0.39 is 5.97 Å². The Morgan fingerprint density at radius 2 is 2.05 bits per heavy atom. The van der Waals surface area contributed by atoms with Crippen molar-refractivity contribution < 1.29 is 9.90 Å². The number of aromatic carboxylic acids is 1. The lowest BCUT2D eigenvalue weighted by Crippen LogP contribution is -2.17. The number of hydrogen-bond acceptors (Lipinski definition) is 3. The first-order valence-corrected chi connectivity index (χ1v) is 6.95. The molecule has 0 saturated heterocycles. The van der Waals surface area contributed by atoms with Gasteiger partial charge < -0.3 is 16.2 Å². The normalized spacial score (nSPS) is 16.3. The van der Waals surface area contributed by atoms with Crippen LogP contribution in [-0.4, -0.2) is 17.6 Å². The van der Waals surface area contributed by atoms with E-state index in [0.717, 1.165) is 17.8 Å². The van der Waals surface area contributed by atoms with Crippen molar-refractivity contribution >= 4 is 17.3 Å². The van der Waals surface area contributed by atoms with Gasteiger partial charge in [0.2, 0.25) is 0 Å². The monoisotopic (exact) mass is 262 g/mol. The largest absolute Gasteiger partial charge is 0.478 e. The number of rotatable bonds is 4. The molecule has 2 rings (SSSR count). The molecule has 0 aliphatic heterocycles. The zero-order valence-electron chi connectivity index (χ0n) is 11.4. The van der Waals surface area contributed by atoms with E-state index in [4.69, 9.17) is 10.8 Å². The van der Waals surface area contributed by atoms with E-state index in [-0.39, 0.29) is 5.56 Å². The number of carboxylic acids is 1. The number of aryl methyl sites for hydroxylation is 1. The van der Waals surface area contributed by atoms with Crippen LogP contribution in [0.2, 0.25) is 0 Å². The number of hydrogen-bond donors (Lipinski definition) is 3. The molecule has 19 heavy (non-hydrogen) atoms. The summed E-state index contributed by atoms with van der Waals surface area (Å²) in [5.41, 5.74) is 7.99. The summed E-state index contributed by atoms with van der Waals surface area (Å²) >= 11 is 0. The highest BCUT2D eigenvalue weighted by Crippen LogP contribution is 2.26. The van der Waals surface area contributed by atoms with Gasteiger partial charge in [0, 0.05) is 17.9 Å². The zero-order valence-corrected chi connectivity index (χ0v) is 11.4. The topological polar surface area (TPSA) is 75.3 Å². The van der Waals surface area contributed by atoms with Crippen LogP contribution in [0.3, 0.4) is 0 Å². The predicted octanol–water partition coefficient (Wildman–Crippen LogP) is 3.27. The van der Waals surface area contributed by atoms with Crippen LogP contribution in [0.1, 0.15) is 48.0 Å². The van der Waals surface area contributed by atoms with Crippen LogP contribution in [0.4, 0.5) is 11.4 Å². The summed E-state index contributed by atoms with van der Waals surface area (Å²) in [5.74, 6) is -0.262. The Labute approximate surface area is 114 Å². The molecular formula is C15H22N2O2. The molecule has 0 amide bonds. The van der Waals surface area contributed by atoms with E-state index in [1.54, 1.807) is 6.07 Å². The molecule has 4 heteroatoms. The minimum atomic E-state index is -0.970. The van der Waals surface area contributed by atoms with E-state index in [0.29, 0.717) is 11.6 Å². The minimum Gasteiger partial charge on any atom is -0.478 e. The summed E-state index contributed by atoms with van der Waals surface area (Å²) < 4.78 is 0. The van der Waals surface area contributed by atoms with Crippen LogP contribution in [-0.2, 0) is 0 Å². The standard InChI is InChI=1S/C15H22N2O2/c1-10-7-12(8-13(14(10)16)15(18)19)17-9-11-5-3-2-4-6-11/h7-8,11,17H,2-6,9,16H2,1H3,(H,18,19). The fraction of sp³-hybridized carbons (Fsp3) is 0.533. The quantitative estimate of drug-likeness (QED) is 0.728. The van der Waals surface area contributed by atoms with Crippen LogP contribution in [0.25, 0.3) is 0 Å². The molecule has 1 aromatic carbocycles. The molecule has 1 aliphatic carbocycles. The maximum absolute atomic E-state index is 11.1. The number of nitrogens with two attached hydrogens (primary N) is 1. The molecular weight excluding hydrogens is 240 g/mol. The van der Waals surface area contributed by atoms with E-state index >= 15 is 0 Å². The molecule has 0 aromatic heterocycles. The van der Waals surface area contributed by atoms with Crippen molar-refractivity contribution in [2.24, 2.45) is 5.92 Å². The molecule has 1 aromatic rings. The highest BCUT2D eigenvalue weighted by atomic mass is 16.4. The van der Waals surface area contributed by atoms with E-state index in [2.05, 4.69) is 5.32 Å². The first-order valence-electron chi connectivity index (χ1n) is 6.95. The molecule has 1 fully saturated rings. The maximum Gasteiger partial charge on any atom is 0.337 e. The second kappa shape index (κ2) is 5.95. The van der Waals surface area contributed by atoms with Gasteiger partial charge in [-0.15, -0.1) is 0 Å². The SMILES string of the molecule is Cc1cc(NCC2CCCCC2)cc(C(=O)O)c1N. The first kappa shape index (κ1) is 13.7. The van der Waals surface area contributed by atoms with Crippen LogP contribution in [0.15, 0.2) is 12.1 Å². The minimum absolute atomic E-state index is 0.186. The molecule has 4 nitrogen and oxygen atoms in total. The van der Waals surface area contributed by atoms with Gasteiger partial charge in [0.15, 0.2) is 0 Å². The van der Waals surface area contributed by atoms with Gasteiger partial charge in [-0.25, -0.2) is 4.79 Å². The Kier molecular flexibility index (Phi) is 4.30. The molecule has 0 heterocycles. The van der Waals surface area contributed by atoms with Crippen molar-refractivity contribution in [3.63, 3.8) is 0 Å². The zero-order chi connectivity index (χ0) is 13.8. The summed E-state index contributed by atoms with van der Waals surface area (Å²) in [4.78, 5) is 11.1. The third-order valence-corrected chi connectivity index (χ3v) is 3.94. The van der Waals surface area contributed by atoms with Crippen molar-refractivity contribution in [1.29, 1.82) is 0 Å². The number of nitrogens with one attached hydrogen (secondary N) is 1. The number of nitrogen functional groups attached to an aromatic ring is 1. The maximum atomic E-state index is 11.1. The van der Waals surface area contributed by atoms with Gasteiger partial charge >= 0.3 is 5.97 Å². The molecule has 0 spiro atoms. The molecule has 104 valence electrons. The Morgan fingerprint density at radius 3 is 2.68 bits per heavy atom. The highest BCUT2D eigenvalue weighted by molar-refractivity contribution is 5.95. The van der Waals surface area contributed by atoms with Gasteiger partial charge in [-0.2, -0.15) is 0 Å². The van der Waals surface area contributed by atoms with Gasteiger partial charge in [0.1, 0.15) is 0 Å². The smallest absolute Gasteiger partial charge is 0.337 e. The van der Waals surface area contributed by atoms with Gasteiger partial charge in [-0.05, 0) is 43.4 Å². The third-order valence-electron chi connectivity index (χ3n) is 3.94. The molecule has 0 unspecified atom stereocenters. The summed E-state index contributed by atoms with van der Waals surface area (Å²) in [5, 5.41) is 12.5. The van der Waals surface area contributed by atoms with Crippen LogP contribution in [0, 0.1) is 12.8 Å². The van der Waals surface area contributed by atoms with E-state index in [9.17, 15) is 4.79 Å². The van der Waals surface area contributed by atoms with Crippen molar-refractivity contribution in [1.82, 2.24) is 0 Å². The van der Waals surface area contributed by atoms with Crippen LogP contribution < -0.4 is 11.1 Å². The Morgan fingerprint density at radius 1 is 1.37 bits per heavy atom. The van der Waals surface area contributed by atoms with E-state index in [1.807, 2.05) is 13.0 Å². The molecule has 4 N–H and O–H groups in total. The third kappa shape index (κ3) is 3.40. The lowest BCUT2D eigenvalue weighted by Gasteiger charge is -2.22. The molecule has 1 aliphatic rings. The second-order valence-electron chi connectivity index (χ2n) is 5.44. The summed E-state index contributed by atoms with van der Waals surface area (Å²) in [6.07, 6.45) is 6.51. The molecule has 0 bridgehead atoms. The highest BCUT2D eigenvalue weighted by Gasteiger charge is 2.15. The lowest BCUT2D eigenvalue weighted by molar-refractivity contribution is 0.0698. The average molecular weight is 262 g/mol. The van der Waals surface area contributed by atoms with Crippen molar-refractivity contribution in [3.05, 3.63) is 23.3 Å². The molecule has 0 atom stereocenters. The number of anilines is 2. The fourth-order valence-electron chi connectivity index (χ4n) is 2.73. The number of benzene rings is 1.